The third-order valence-corrected chi connectivity index (χ3v) is 4.57. The van der Waals surface area contributed by atoms with Crippen molar-refractivity contribution in [1.29, 1.82) is 0 Å². The van der Waals surface area contributed by atoms with Crippen LogP contribution in [0.25, 0.3) is 5.69 Å². The van der Waals surface area contributed by atoms with Gasteiger partial charge in [0.15, 0.2) is 5.16 Å². The van der Waals surface area contributed by atoms with Crippen LogP contribution in [0, 0.1) is 13.8 Å². The van der Waals surface area contributed by atoms with E-state index in [2.05, 4.69) is 15.0 Å². The summed E-state index contributed by atoms with van der Waals surface area (Å²) in [7, 11) is 0. The van der Waals surface area contributed by atoms with Gasteiger partial charge in [0.25, 0.3) is 0 Å². The van der Waals surface area contributed by atoms with E-state index in [1.807, 2.05) is 42.8 Å². The quantitative estimate of drug-likeness (QED) is 0.686. The van der Waals surface area contributed by atoms with Crippen LogP contribution in [0.1, 0.15) is 18.1 Å². The molecule has 1 aromatic heterocycles. The fraction of sp³-hybridized carbons (Fsp3) is 0.444. The molecule has 2 aromatic rings. The summed E-state index contributed by atoms with van der Waals surface area (Å²) in [4.78, 5) is 16.3. The lowest BCUT2D eigenvalue weighted by molar-refractivity contribution is -0.175. The second kappa shape index (κ2) is 9.27. The summed E-state index contributed by atoms with van der Waals surface area (Å²) in [6.45, 7) is 4.07. The van der Waals surface area contributed by atoms with E-state index in [4.69, 9.17) is 0 Å². The molecule has 1 heterocycles. The molecule has 9 heteroatoms. The Labute approximate surface area is 160 Å². The third-order valence-electron chi connectivity index (χ3n) is 3.60. The van der Waals surface area contributed by atoms with Gasteiger partial charge in [0, 0.05) is 18.4 Å². The number of nitrogens with zero attached hydrogens (tertiary/aromatic N) is 2. The molecule has 148 valence electrons. The largest absolute Gasteiger partial charge is 0.411 e. The molecule has 1 amide bonds. The maximum atomic E-state index is 12.1. The minimum Gasteiger partial charge on any atom is -0.370 e. The molecule has 1 N–H and O–H groups in total. The Morgan fingerprint density at radius 3 is 2.81 bits per heavy atom. The van der Waals surface area contributed by atoms with Crippen molar-refractivity contribution in [2.45, 2.75) is 38.1 Å². The van der Waals surface area contributed by atoms with E-state index in [-0.39, 0.29) is 18.3 Å². The zero-order valence-electron chi connectivity index (χ0n) is 15.3. The fourth-order valence-corrected chi connectivity index (χ4v) is 3.18. The topological polar surface area (TPSA) is 56.2 Å². The van der Waals surface area contributed by atoms with Crippen LogP contribution in [-0.4, -0.2) is 46.6 Å². The number of hydrogen-bond donors (Lipinski definition) is 1. The van der Waals surface area contributed by atoms with Crippen molar-refractivity contribution in [3.8, 4) is 5.69 Å². The van der Waals surface area contributed by atoms with Gasteiger partial charge in [-0.15, -0.1) is 0 Å². The van der Waals surface area contributed by atoms with Gasteiger partial charge in [-0.1, -0.05) is 23.9 Å². The molecule has 0 aliphatic carbocycles. The van der Waals surface area contributed by atoms with E-state index in [1.54, 1.807) is 13.1 Å². The van der Waals surface area contributed by atoms with Gasteiger partial charge in [-0.05, 0) is 38.0 Å². The lowest BCUT2D eigenvalue weighted by Gasteiger charge is -2.15. The summed E-state index contributed by atoms with van der Waals surface area (Å²) < 4.78 is 42.6. The van der Waals surface area contributed by atoms with Crippen molar-refractivity contribution < 1.29 is 22.7 Å². The SMILES string of the molecule is Cc1ccc(C)c(-n2ccnc2SCC(=O)NC(C)COCC(F)(F)F)c1. The molecule has 5 nitrogen and oxygen atoms in total. The summed E-state index contributed by atoms with van der Waals surface area (Å²) >= 11 is 1.26. The molecule has 0 saturated carbocycles. The second-order valence-corrected chi connectivity index (χ2v) is 7.20. The second-order valence-electron chi connectivity index (χ2n) is 6.26. The molecule has 1 aromatic carbocycles. The average molecular weight is 401 g/mol. The number of rotatable bonds is 8. The van der Waals surface area contributed by atoms with Crippen molar-refractivity contribution in [1.82, 2.24) is 14.9 Å². The lowest BCUT2D eigenvalue weighted by atomic mass is 10.1. The highest BCUT2D eigenvalue weighted by Crippen LogP contribution is 2.23. The number of nitrogens with one attached hydrogen (secondary N) is 1. The minimum atomic E-state index is -4.37. The molecule has 0 bridgehead atoms. The Morgan fingerprint density at radius 1 is 1.37 bits per heavy atom. The highest BCUT2D eigenvalue weighted by atomic mass is 32.2. The van der Waals surface area contributed by atoms with Crippen LogP contribution in [0.2, 0.25) is 0 Å². The van der Waals surface area contributed by atoms with Crippen LogP contribution in [0.5, 0.6) is 0 Å². The summed E-state index contributed by atoms with van der Waals surface area (Å²) in [5.41, 5.74) is 3.19. The summed E-state index contributed by atoms with van der Waals surface area (Å²) in [5.74, 6) is -0.190. The number of benzene rings is 1. The number of thioether (sulfide) groups is 1. The molecule has 0 fully saturated rings. The predicted octanol–water partition coefficient (Wildman–Crippen LogP) is 3.66. The van der Waals surface area contributed by atoms with Crippen molar-refractivity contribution in [3.05, 3.63) is 41.7 Å². The Hall–Kier alpha value is -2.00. The first kappa shape index (κ1) is 21.3. The van der Waals surface area contributed by atoms with E-state index in [0.29, 0.717) is 5.16 Å². The first-order chi connectivity index (χ1) is 12.7. The molecule has 2 rings (SSSR count). The van der Waals surface area contributed by atoms with Crippen LogP contribution < -0.4 is 5.32 Å². The minimum absolute atomic E-state index is 0.103. The van der Waals surface area contributed by atoms with Gasteiger partial charge in [-0.3, -0.25) is 9.36 Å². The number of aromatic nitrogens is 2. The molecule has 0 radical (unpaired) electrons. The summed E-state index contributed by atoms with van der Waals surface area (Å²) in [6, 6.07) is 5.58. The molecular weight excluding hydrogens is 379 g/mol. The number of ether oxygens (including phenoxy) is 1. The van der Waals surface area contributed by atoms with Gasteiger partial charge in [-0.25, -0.2) is 4.98 Å². The summed E-state index contributed by atoms with van der Waals surface area (Å²) in [6.07, 6.45) is -0.879. The van der Waals surface area contributed by atoms with Crippen LogP contribution in [0.3, 0.4) is 0 Å². The van der Waals surface area contributed by atoms with Crippen LogP contribution in [-0.2, 0) is 9.53 Å². The van der Waals surface area contributed by atoms with E-state index < -0.39 is 18.8 Å². The van der Waals surface area contributed by atoms with Crippen molar-refractivity contribution in [3.63, 3.8) is 0 Å². The number of hydrogen-bond acceptors (Lipinski definition) is 4. The third kappa shape index (κ3) is 6.91. The molecule has 0 aliphatic rings. The molecule has 0 saturated heterocycles. The number of carbonyl (C=O) groups is 1. The Bertz CT molecular complexity index is 777. The number of aryl methyl sites for hydroxylation is 2. The van der Waals surface area contributed by atoms with E-state index in [9.17, 15) is 18.0 Å². The van der Waals surface area contributed by atoms with Gasteiger partial charge in [0.05, 0.1) is 18.0 Å². The standard InChI is InChI=1S/C18H22F3N3O2S/c1-12-4-5-13(2)15(8-12)24-7-6-22-17(24)27-10-16(25)23-14(3)9-26-11-18(19,20)21/h4-8,14H,9-11H2,1-3H3,(H,23,25). The highest BCUT2D eigenvalue weighted by molar-refractivity contribution is 7.99. The molecule has 27 heavy (non-hydrogen) atoms. The van der Waals surface area contributed by atoms with Gasteiger partial charge in [0.1, 0.15) is 6.61 Å². The number of carbonyl (C=O) groups excluding carboxylic acids is 1. The molecule has 0 aliphatic heterocycles. The Morgan fingerprint density at radius 2 is 2.11 bits per heavy atom. The molecule has 1 atom stereocenters. The Balaban J connectivity index is 1.88. The zero-order chi connectivity index (χ0) is 20.0. The number of alkyl halides is 3. The van der Waals surface area contributed by atoms with Crippen LogP contribution in [0.15, 0.2) is 35.7 Å². The van der Waals surface area contributed by atoms with Crippen molar-refractivity contribution in [2.24, 2.45) is 0 Å². The number of halogens is 3. The lowest BCUT2D eigenvalue weighted by Crippen LogP contribution is -2.37. The molecular formula is C18H22F3N3O2S. The normalized spacial score (nSPS) is 12.8. The van der Waals surface area contributed by atoms with Crippen molar-refractivity contribution in [2.75, 3.05) is 19.0 Å². The van der Waals surface area contributed by atoms with Crippen molar-refractivity contribution >= 4 is 17.7 Å². The summed E-state index contributed by atoms with van der Waals surface area (Å²) in [5, 5.41) is 3.29. The fourth-order valence-electron chi connectivity index (χ4n) is 2.40. The van der Waals surface area contributed by atoms with Gasteiger partial charge in [-0.2, -0.15) is 13.2 Å². The van der Waals surface area contributed by atoms with Crippen LogP contribution >= 0.6 is 11.8 Å². The zero-order valence-corrected chi connectivity index (χ0v) is 16.2. The maximum absolute atomic E-state index is 12.1. The van der Waals surface area contributed by atoms with E-state index >= 15 is 0 Å². The number of amides is 1. The number of imidazole rings is 1. The average Bonchev–Trinajstić information content (AvgIpc) is 3.02. The molecule has 0 spiro atoms. The highest BCUT2D eigenvalue weighted by Gasteiger charge is 2.27. The van der Waals surface area contributed by atoms with Crippen LogP contribution in [0.4, 0.5) is 13.2 Å². The van der Waals surface area contributed by atoms with E-state index in [0.717, 1.165) is 16.8 Å². The monoisotopic (exact) mass is 401 g/mol. The predicted molar refractivity (Wildman–Crippen MR) is 98.2 cm³/mol. The Kier molecular flexibility index (Phi) is 7.32. The first-order valence-corrected chi connectivity index (χ1v) is 9.32. The van der Waals surface area contributed by atoms with Gasteiger partial charge >= 0.3 is 6.18 Å². The van der Waals surface area contributed by atoms with Gasteiger partial charge in [0.2, 0.25) is 5.91 Å². The van der Waals surface area contributed by atoms with Gasteiger partial charge < -0.3 is 10.1 Å². The molecule has 1 unspecified atom stereocenters. The van der Waals surface area contributed by atoms with E-state index in [1.165, 1.54) is 11.8 Å². The maximum Gasteiger partial charge on any atom is 0.411 e. The first-order valence-electron chi connectivity index (χ1n) is 8.33. The smallest absolute Gasteiger partial charge is 0.370 e.